The summed E-state index contributed by atoms with van der Waals surface area (Å²) in [5.74, 6) is 1.59. The Morgan fingerprint density at radius 3 is 2.37 bits per heavy atom. The second-order valence-corrected chi connectivity index (χ2v) is 5.18. The molecule has 0 aliphatic heterocycles. The van der Waals surface area contributed by atoms with Crippen LogP contribution < -0.4 is 10.1 Å². The highest BCUT2D eigenvalue weighted by atomic mass is 16.5. The number of hydrogen-bond donors (Lipinski definition) is 1. The first-order valence-corrected chi connectivity index (χ1v) is 7.05. The van der Waals surface area contributed by atoms with Gasteiger partial charge in [0.15, 0.2) is 5.78 Å². The summed E-state index contributed by atoms with van der Waals surface area (Å²) < 4.78 is 5.37. The van der Waals surface area contributed by atoms with Gasteiger partial charge in [-0.1, -0.05) is 13.8 Å². The van der Waals surface area contributed by atoms with Gasteiger partial charge < -0.3 is 10.1 Å². The Morgan fingerprint density at radius 1 is 1.21 bits per heavy atom. The maximum atomic E-state index is 12.2. The van der Waals surface area contributed by atoms with E-state index in [1.54, 1.807) is 0 Å². The van der Waals surface area contributed by atoms with Crippen LogP contribution in [0.4, 0.5) is 0 Å². The minimum absolute atomic E-state index is 0.131. The van der Waals surface area contributed by atoms with Gasteiger partial charge in [0.25, 0.3) is 0 Å². The molecule has 3 heteroatoms. The van der Waals surface area contributed by atoms with Gasteiger partial charge in [-0.25, -0.2) is 0 Å². The molecular formula is C16H25NO2. The zero-order chi connectivity index (χ0) is 14.3. The van der Waals surface area contributed by atoms with E-state index in [0.717, 1.165) is 24.3 Å². The molecule has 19 heavy (non-hydrogen) atoms. The van der Waals surface area contributed by atoms with E-state index >= 15 is 0 Å². The van der Waals surface area contributed by atoms with E-state index in [1.165, 1.54) is 0 Å². The van der Waals surface area contributed by atoms with Crippen molar-refractivity contribution in [2.75, 3.05) is 13.2 Å². The third-order valence-electron chi connectivity index (χ3n) is 3.02. The number of benzene rings is 1. The average molecular weight is 263 g/mol. The van der Waals surface area contributed by atoms with Gasteiger partial charge in [0.1, 0.15) is 5.75 Å². The Labute approximate surface area is 116 Å². The Kier molecular flexibility index (Phi) is 6.57. The van der Waals surface area contributed by atoms with Crippen molar-refractivity contribution in [3.05, 3.63) is 29.8 Å². The fourth-order valence-corrected chi connectivity index (χ4v) is 1.81. The molecule has 1 N–H and O–H groups in total. The summed E-state index contributed by atoms with van der Waals surface area (Å²) in [6.45, 7) is 9.74. The van der Waals surface area contributed by atoms with Crippen LogP contribution in [0.2, 0.25) is 0 Å². The molecule has 1 unspecified atom stereocenters. The van der Waals surface area contributed by atoms with Crippen molar-refractivity contribution >= 4 is 5.78 Å². The molecule has 0 radical (unpaired) electrons. The lowest BCUT2D eigenvalue weighted by Gasteiger charge is -2.14. The summed E-state index contributed by atoms with van der Waals surface area (Å²) in [6, 6.07) is 7.20. The van der Waals surface area contributed by atoms with Crippen LogP contribution in [-0.2, 0) is 0 Å². The van der Waals surface area contributed by atoms with Crippen LogP contribution in [0, 0.1) is 5.92 Å². The van der Waals surface area contributed by atoms with E-state index < -0.39 is 0 Å². The van der Waals surface area contributed by atoms with E-state index in [0.29, 0.717) is 12.5 Å². The molecule has 106 valence electrons. The number of ketones is 1. The topological polar surface area (TPSA) is 38.3 Å². The van der Waals surface area contributed by atoms with E-state index in [1.807, 2.05) is 38.1 Å². The van der Waals surface area contributed by atoms with E-state index in [9.17, 15) is 4.79 Å². The summed E-state index contributed by atoms with van der Waals surface area (Å²) in [7, 11) is 0. The number of hydrogen-bond acceptors (Lipinski definition) is 3. The summed E-state index contributed by atoms with van der Waals surface area (Å²) >= 11 is 0. The molecule has 0 spiro atoms. The zero-order valence-corrected chi connectivity index (χ0v) is 12.4. The van der Waals surface area contributed by atoms with Crippen molar-refractivity contribution in [2.24, 2.45) is 5.92 Å². The van der Waals surface area contributed by atoms with Crippen molar-refractivity contribution in [1.82, 2.24) is 5.32 Å². The van der Waals surface area contributed by atoms with E-state index in [2.05, 4.69) is 19.2 Å². The van der Waals surface area contributed by atoms with Gasteiger partial charge in [-0.3, -0.25) is 4.79 Å². The quantitative estimate of drug-likeness (QED) is 0.731. The molecule has 1 aromatic carbocycles. The largest absolute Gasteiger partial charge is 0.494 e. The van der Waals surface area contributed by atoms with Crippen molar-refractivity contribution < 1.29 is 9.53 Å². The van der Waals surface area contributed by atoms with Crippen molar-refractivity contribution in [1.29, 1.82) is 0 Å². The average Bonchev–Trinajstić information content (AvgIpc) is 2.38. The van der Waals surface area contributed by atoms with Crippen LogP contribution >= 0.6 is 0 Å². The van der Waals surface area contributed by atoms with E-state index in [4.69, 9.17) is 4.74 Å². The second-order valence-electron chi connectivity index (χ2n) is 5.18. The molecule has 0 amide bonds. The highest BCUT2D eigenvalue weighted by molar-refractivity contribution is 5.99. The molecule has 0 aromatic heterocycles. The molecule has 0 aliphatic rings. The van der Waals surface area contributed by atoms with Gasteiger partial charge in [-0.05, 0) is 57.0 Å². The van der Waals surface area contributed by atoms with Crippen LogP contribution in [0.5, 0.6) is 5.75 Å². The Morgan fingerprint density at radius 2 is 1.84 bits per heavy atom. The first-order valence-electron chi connectivity index (χ1n) is 7.05. The van der Waals surface area contributed by atoms with Crippen molar-refractivity contribution in [3.63, 3.8) is 0 Å². The number of carbonyl (C=O) groups excluding carboxylic acids is 1. The second kappa shape index (κ2) is 7.95. The molecule has 0 aliphatic carbocycles. The van der Waals surface area contributed by atoms with Gasteiger partial charge >= 0.3 is 0 Å². The summed E-state index contributed by atoms with van der Waals surface area (Å²) in [6.07, 6.45) is 1.08. The fraction of sp³-hybridized carbons (Fsp3) is 0.562. The Bertz CT molecular complexity index is 384. The Hall–Kier alpha value is -1.35. The number of nitrogens with one attached hydrogen (secondary N) is 1. The third kappa shape index (κ3) is 5.43. The van der Waals surface area contributed by atoms with Gasteiger partial charge in [-0.15, -0.1) is 0 Å². The minimum atomic E-state index is -0.142. The molecule has 0 saturated carbocycles. The summed E-state index contributed by atoms with van der Waals surface area (Å²) in [4.78, 5) is 12.2. The lowest BCUT2D eigenvalue weighted by molar-refractivity contribution is 0.0950. The number of ether oxygens (including phenoxy) is 1. The molecule has 1 rings (SSSR count). The predicted octanol–water partition coefficient (Wildman–Crippen LogP) is 3.29. The summed E-state index contributed by atoms with van der Waals surface area (Å²) in [5, 5.41) is 3.27. The van der Waals surface area contributed by atoms with Crippen LogP contribution in [0.3, 0.4) is 0 Å². The van der Waals surface area contributed by atoms with Gasteiger partial charge in [0, 0.05) is 5.56 Å². The molecule has 0 bridgehead atoms. The maximum Gasteiger partial charge on any atom is 0.179 e. The SMILES string of the molecule is CCOc1ccc(C(=O)C(C)NCCC(C)C)cc1. The molecular weight excluding hydrogens is 238 g/mol. The molecule has 0 saturated heterocycles. The van der Waals surface area contributed by atoms with Crippen LogP contribution in [0.25, 0.3) is 0 Å². The highest BCUT2D eigenvalue weighted by Crippen LogP contribution is 2.13. The molecule has 1 atom stereocenters. The Balaban J connectivity index is 2.51. The van der Waals surface area contributed by atoms with Gasteiger partial charge in [0.2, 0.25) is 0 Å². The zero-order valence-electron chi connectivity index (χ0n) is 12.4. The maximum absolute atomic E-state index is 12.2. The number of Topliss-reactive ketones (excluding diaryl/α,β-unsaturated/α-hetero) is 1. The van der Waals surface area contributed by atoms with Crippen LogP contribution in [0.1, 0.15) is 44.5 Å². The normalized spacial score (nSPS) is 12.5. The molecule has 0 fully saturated rings. The smallest absolute Gasteiger partial charge is 0.179 e. The first kappa shape index (κ1) is 15.7. The van der Waals surface area contributed by atoms with Crippen LogP contribution in [-0.4, -0.2) is 25.0 Å². The fourth-order valence-electron chi connectivity index (χ4n) is 1.81. The minimum Gasteiger partial charge on any atom is -0.494 e. The van der Waals surface area contributed by atoms with Crippen molar-refractivity contribution in [3.8, 4) is 5.75 Å². The van der Waals surface area contributed by atoms with Gasteiger partial charge in [-0.2, -0.15) is 0 Å². The van der Waals surface area contributed by atoms with E-state index in [-0.39, 0.29) is 11.8 Å². The number of rotatable bonds is 8. The van der Waals surface area contributed by atoms with Crippen LogP contribution in [0.15, 0.2) is 24.3 Å². The molecule has 1 aromatic rings. The standard InChI is InChI=1S/C16H25NO2/c1-5-19-15-8-6-14(7-9-15)16(18)13(4)17-11-10-12(2)3/h6-9,12-13,17H,5,10-11H2,1-4H3. The van der Waals surface area contributed by atoms with Crippen molar-refractivity contribution in [2.45, 2.75) is 40.2 Å². The highest BCUT2D eigenvalue weighted by Gasteiger charge is 2.14. The van der Waals surface area contributed by atoms with Gasteiger partial charge in [0.05, 0.1) is 12.6 Å². The monoisotopic (exact) mass is 263 g/mol. The molecule has 0 heterocycles. The molecule has 3 nitrogen and oxygen atoms in total. The summed E-state index contributed by atoms with van der Waals surface area (Å²) in [5.41, 5.74) is 0.730. The predicted molar refractivity (Wildman–Crippen MR) is 78.9 cm³/mol. The first-order chi connectivity index (χ1) is 9.04. The third-order valence-corrected chi connectivity index (χ3v) is 3.02. The lowest BCUT2D eigenvalue weighted by atomic mass is 10.0. The number of carbonyl (C=O) groups is 1. The lowest BCUT2D eigenvalue weighted by Crippen LogP contribution is -2.35.